The Kier molecular flexibility index (Phi) is 4.47. The fourth-order valence-corrected chi connectivity index (χ4v) is 4.98. The van der Waals surface area contributed by atoms with Crippen LogP contribution in [0.4, 0.5) is 0 Å². The predicted molar refractivity (Wildman–Crippen MR) is 88.4 cm³/mol. The molecule has 126 valence electrons. The Bertz CT molecular complexity index is 684. The summed E-state index contributed by atoms with van der Waals surface area (Å²) in [5.41, 5.74) is 1.00. The third kappa shape index (κ3) is 3.43. The van der Waals surface area contributed by atoms with Crippen molar-refractivity contribution in [3.05, 3.63) is 29.8 Å². The number of carbonyl (C=O) groups excluding carboxylic acids is 1. The highest BCUT2D eigenvalue weighted by Crippen LogP contribution is 2.44. The molecule has 6 heteroatoms. The zero-order valence-corrected chi connectivity index (χ0v) is 14.5. The summed E-state index contributed by atoms with van der Waals surface area (Å²) < 4.78 is 26.1. The van der Waals surface area contributed by atoms with Crippen LogP contribution in [0.1, 0.15) is 31.2 Å². The number of hydrogen-bond acceptors (Lipinski definition) is 3. The molecule has 2 fully saturated rings. The minimum absolute atomic E-state index is 0.135. The van der Waals surface area contributed by atoms with Gasteiger partial charge in [-0.05, 0) is 50.2 Å². The summed E-state index contributed by atoms with van der Waals surface area (Å²) in [6, 6.07) is 6.91. The van der Waals surface area contributed by atoms with Gasteiger partial charge in [-0.2, -0.15) is 4.31 Å². The van der Waals surface area contributed by atoms with Crippen LogP contribution in [0.5, 0.6) is 0 Å². The highest BCUT2D eigenvalue weighted by molar-refractivity contribution is 7.89. The number of hydrogen-bond donors (Lipinski definition) is 1. The van der Waals surface area contributed by atoms with Gasteiger partial charge in [0.2, 0.25) is 15.9 Å². The monoisotopic (exact) mass is 336 g/mol. The fraction of sp³-hybridized carbons (Fsp3) is 0.588. The van der Waals surface area contributed by atoms with Gasteiger partial charge in [0.15, 0.2) is 0 Å². The van der Waals surface area contributed by atoms with Crippen LogP contribution in [0.15, 0.2) is 29.2 Å². The lowest BCUT2D eigenvalue weighted by Crippen LogP contribution is -2.44. The van der Waals surface area contributed by atoms with Crippen molar-refractivity contribution in [2.45, 2.75) is 43.5 Å². The smallest absolute Gasteiger partial charge is 0.243 e. The maximum absolute atomic E-state index is 12.5. The molecule has 1 N–H and O–H groups in total. The van der Waals surface area contributed by atoms with Gasteiger partial charge in [-0.25, -0.2) is 8.42 Å². The van der Waals surface area contributed by atoms with E-state index in [4.69, 9.17) is 0 Å². The van der Waals surface area contributed by atoms with Gasteiger partial charge < -0.3 is 5.32 Å². The van der Waals surface area contributed by atoms with E-state index in [0.29, 0.717) is 5.92 Å². The summed E-state index contributed by atoms with van der Waals surface area (Å²) in [7, 11) is -2.17. The summed E-state index contributed by atoms with van der Waals surface area (Å²) in [5, 5.41) is 3.03. The van der Waals surface area contributed by atoms with E-state index in [-0.39, 0.29) is 23.4 Å². The molecule has 23 heavy (non-hydrogen) atoms. The number of fused-ring (bicyclic) bond motifs is 2. The molecule has 2 aliphatic carbocycles. The van der Waals surface area contributed by atoms with Gasteiger partial charge >= 0.3 is 0 Å². The van der Waals surface area contributed by atoms with Gasteiger partial charge in [0.05, 0.1) is 11.4 Å². The first-order valence-corrected chi connectivity index (χ1v) is 9.62. The topological polar surface area (TPSA) is 66.5 Å². The number of sulfonamides is 1. The molecule has 0 spiro atoms. The Morgan fingerprint density at radius 1 is 1.22 bits per heavy atom. The molecule has 0 unspecified atom stereocenters. The van der Waals surface area contributed by atoms with Crippen LogP contribution in [-0.4, -0.2) is 38.3 Å². The molecular formula is C17H24N2O3S. The zero-order chi connectivity index (χ0) is 16.6. The molecule has 0 aromatic heterocycles. The highest BCUT2D eigenvalue weighted by Gasteiger charge is 2.40. The third-order valence-corrected chi connectivity index (χ3v) is 7.00. The Morgan fingerprint density at radius 3 is 2.48 bits per heavy atom. The van der Waals surface area contributed by atoms with Crippen LogP contribution in [0.25, 0.3) is 0 Å². The molecule has 2 bridgehead atoms. The van der Waals surface area contributed by atoms with E-state index in [2.05, 4.69) is 5.32 Å². The van der Waals surface area contributed by atoms with Crippen LogP contribution in [-0.2, 0) is 14.8 Å². The van der Waals surface area contributed by atoms with Gasteiger partial charge in [0.25, 0.3) is 0 Å². The van der Waals surface area contributed by atoms with Crippen molar-refractivity contribution in [3.8, 4) is 0 Å². The molecule has 2 aliphatic rings. The summed E-state index contributed by atoms with van der Waals surface area (Å²) in [5.74, 6) is 1.13. The first-order chi connectivity index (χ1) is 10.9. The van der Waals surface area contributed by atoms with Crippen LogP contribution in [0.2, 0.25) is 0 Å². The van der Waals surface area contributed by atoms with Crippen molar-refractivity contribution in [1.82, 2.24) is 9.62 Å². The van der Waals surface area contributed by atoms with E-state index in [9.17, 15) is 13.2 Å². The van der Waals surface area contributed by atoms with Crippen molar-refractivity contribution in [1.29, 1.82) is 0 Å². The first kappa shape index (κ1) is 16.5. The lowest BCUT2D eigenvalue weighted by Gasteiger charge is -2.24. The maximum Gasteiger partial charge on any atom is 0.243 e. The molecule has 3 atom stereocenters. The lowest BCUT2D eigenvalue weighted by atomic mass is 9.95. The van der Waals surface area contributed by atoms with Crippen LogP contribution in [0, 0.1) is 18.8 Å². The van der Waals surface area contributed by atoms with Gasteiger partial charge in [0, 0.05) is 13.1 Å². The van der Waals surface area contributed by atoms with Crippen LogP contribution < -0.4 is 5.32 Å². The number of benzene rings is 1. The standard InChI is InChI=1S/C17H24N2O3S/c1-12-3-7-15(8-4-12)23(21,22)19(2)11-17(20)18-16-10-13-5-6-14(16)9-13/h3-4,7-8,13-14,16H,5-6,9-11H2,1-2H3,(H,18,20)/t13-,14-,16-/m0/s1. The predicted octanol–water partition coefficient (Wildman–Crippen LogP) is 1.92. The molecule has 2 saturated carbocycles. The number of nitrogens with zero attached hydrogens (tertiary/aromatic N) is 1. The van der Waals surface area contributed by atoms with E-state index in [1.807, 2.05) is 6.92 Å². The van der Waals surface area contributed by atoms with E-state index < -0.39 is 10.0 Å². The average Bonchev–Trinajstić information content (AvgIpc) is 3.10. The second-order valence-electron chi connectivity index (χ2n) is 6.92. The van der Waals surface area contributed by atoms with Crippen LogP contribution in [0.3, 0.4) is 0 Å². The summed E-state index contributed by atoms with van der Waals surface area (Å²) in [4.78, 5) is 12.4. The summed E-state index contributed by atoms with van der Waals surface area (Å²) >= 11 is 0. The second-order valence-corrected chi connectivity index (χ2v) is 8.97. The normalized spacial score (nSPS) is 26.7. The average molecular weight is 336 g/mol. The zero-order valence-electron chi connectivity index (χ0n) is 13.7. The number of carbonyl (C=O) groups is 1. The molecule has 1 amide bonds. The number of nitrogens with one attached hydrogen (secondary N) is 1. The van der Waals surface area contributed by atoms with E-state index >= 15 is 0 Å². The van der Waals surface area contributed by atoms with Crippen molar-refractivity contribution >= 4 is 15.9 Å². The minimum atomic E-state index is -3.62. The molecule has 1 aromatic rings. The Labute approximate surface area is 138 Å². The fourth-order valence-electron chi connectivity index (χ4n) is 3.85. The molecule has 0 saturated heterocycles. The molecule has 0 aliphatic heterocycles. The van der Waals surface area contributed by atoms with Gasteiger partial charge in [-0.3, -0.25) is 4.79 Å². The van der Waals surface area contributed by atoms with Crippen molar-refractivity contribution in [2.75, 3.05) is 13.6 Å². The molecular weight excluding hydrogens is 312 g/mol. The van der Waals surface area contributed by atoms with E-state index in [1.165, 1.54) is 26.3 Å². The van der Waals surface area contributed by atoms with E-state index in [1.54, 1.807) is 24.3 Å². The van der Waals surface area contributed by atoms with Crippen LogP contribution >= 0.6 is 0 Å². The molecule has 1 aromatic carbocycles. The van der Waals surface area contributed by atoms with Crippen molar-refractivity contribution in [2.24, 2.45) is 11.8 Å². The van der Waals surface area contributed by atoms with Crippen molar-refractivity contribution in [3.63, 3.8) is 0 Å². The maximum atomic E-state index is 12.5. The molecule has 3 rings (SSSR count). The lowest BCUT2D eigenvalue weighted by molar-refractivity contribution is -0.122. The Morgan fingerprint density at radius 2 is 1.91 bits per heavy atom. The van der Waals surface area contributed by atoms with E-state index in [0.717, 1.165) is 22.2 Å². The van der Waals surface area contributed by atoms with Gasteiger partial charge in [-0.15, -0.1) is 0 Å². The Hall–Kier alpha value is -1.40. The molecule has 0 heterocycles. The van der Waals surface area contributed by atoms with Crippen molar-refractivity contribution < 1.29 is 13.2 Å². The highest BCUT2D eigenvalue weighted by atomic mass is 32.2. The quantitative estimate of drug-likeness (QED) is 0.893. The minimum Gasteiger partial charge on any atom is -0.352 e. The summed E-state index contributed by atoms with van der Waals surface area (Å²) in [6.45, 7) is 1.77. The van der Waals surface area contributed by atoms with Gasteiger partial charge in [-0.1, -0.05) is 24.1 Å². The number of likely N-dealkylation sites (N-methyl/N-ethyl adjacent to an activating group) is 1. The summed E-state index contributed by atoms with van der Waals surface area (Å²) in [6.07, 6.45) is 4.72. The number of aryl methyl sites for hydroxylation is 1. The Balaban J connectivity index is 1.60. The second kappa shape index (κ2) is 6.24. The van der Waals surface area contributed by atoms with Gasteiger partial charge in [0.1, 0.15) is 0 Å². The first-order valence-electron chi connectivity index (χ1n) is 8.18. The number of rotatable bonds is 5. The largest absolute Gasteiger partial charge is 0.352 e. The molecule has 0 radical (unpaired) electrons. The number of amides is 1. The SMILES string of the molecule is Cc1ccc(S(=O)(=O)N(C)CC(=O)N[C@H]2C[C@H]3CC[C@H]2C3)cc1. The molecule has 5 nitrogen and oxygen atoms in total. The third-order valence-electron chi connectivity index (χ3n) is 5.18.